The van der Waals surface area contributed by atoms with E-state index in [1.54, 1.807) is 7.11 Å². The zero-order valence-electron chi connectivity index (χ0n) is 15.3. The number of hydrazine groups is 1. The van der Waals surface area contributed by atoms with Crippen molar-refractivity contribution >= 4 is 5.91 Å². The minimum Gasteiger partial charge on any atom is -0.497 e. The van der Waals surface area contributed by atoms with Crippen LogP contribution >= 0.6 is 0 Å². The summed E-state index contributed by atoms with van der Waals surface area (Å²) < 4.78 is 5.22. The van der Waals surface area contributed by atoms with Gasteiger partial charge in [-0.1, -0.05) is 12.1 Å². The fourth-order valence-corrected chi connectivity index (χ4v) is 3.37. The molecular weight excluding hydrogens is 302 g/mol. The minimum atomic E-state index is 0.210. The number of hydrogen-bond donors (Lipinski definition) is 2. The van der Waals surface area contributed by atoms with Gasteiger partial charge in [0.2, 0.25) is 5.91 Å². The van der Waals surface area contributed by atoms with E-state index in [4.69, 9.17) is 4.74 Å². The summed E-state index contributed by atoms with van der Waals surface area (Å²) in [4.78, 5) is 14.2. The van der Waals surface area contributed by atoms with Gasteiger partial charge in [-0.05, 0) is 56.7 Å². The third kappa shape index (κ3) is 5.21. The van der Waals surface area contributed by atoms with Crippen LogP contribution in [0.25, 0.3) is 0 Å². The molecule has 5 nitrogen and oxygen atoms in total. The molecule has 0 bridgehead atoms. The Morgan fingerprint density at radius 2 is 1.96 bits per heavy atom. The Bertz CT molecular complexity index is 525. The van der Waals surface area contributed by atoms with Gasteiger partial charge >= 0.3 is 0 Å². The number of nitrogens with one attached hydrogen (secondary N) is 2. The van der Waals surface area contributed by atoms with Gasteiger partial charge in [-0.3, -0.25) is 15.6 Å². The quantitative estimate of drug-likeness (QED) is 0.767. The van der Waals surface area contributed by atoms with E-state index < -0.39 is 0 Å². The number of rotatable bonds is 8. The molecule has 1 aliphatic rings. The summed E-state index contributed by atoms with van der Waals surface area (Å²) in [5, 5.41) is 0. The summed E-state index contributed by atoms with van der Waals surface area (Å²) >= 11 is 0. The van der Waals surface area contributed by atoms with E-state index in [0.29, 0.717) is 24.4 Å². The number of benzene rings is 1. The predicted octanol–water partition coefficient (Wildman–Crippen LogP) is 2.37. The van der Waals surface area contributed by atoms with Crippen molar-refractivity contribution in [3.8, 4) is 5.75 Å². The predicted molar refractivity (Wildman–Crippen MR) is 96.9 cm³/mol. The van der Waals surface area contributed by atoms with Gasteiger partial charge in [0.1, 0.15) is 5.75 Å². The Morgan fingerprint density at radius 3 is 2.62 bits per heavy atom. The van der Waals surface area contributed by atoms with Crippen LogP contribution in [0.15, 0.2) is 24.3 Å². The lowest BCUT2D eigenvalue weighted by molar-refractivity contribution is -0.129. The van der Waals surface area contributed by atoms with E-state index in [9.17, 15) is 4.79 Å². The number of carbonyl (C=O) groups excluding carboxylic acids is 1. The van der Waals surface area contributed by atoms with E-state index in [1.807, 2.05) is 36.2 Å². The van der Waals surface area contributed by atoms with Crippen molar-refractivity contribution in [2.75, 3.05) is 20.7 Å². The number of aryl methyl sites for hydroxylation is 1. The van der Waals surface area contributed by atoms with E-state index >= 15 is 0 Å². The summed E-state index contributed by atoms with van der Waals surface area (Å²) in [6, 6.07) is 8.91. The van der Waals surface area contributed by atoms with Gasteiger partial charge in [-0.25, -0.2) is 0 Å². The van der Waals surface area contributed by atoms with Crippen molar-refractivity contribution in [1.29, 1.82) is 0 Å². The van der Waals surface area contributed by atoms with Crippen molar-refractivity contribution in [3.63, 3.8) is 0 Å². The molecule has 1 aliphatic heterocycles. The number of ether oxygens (including phenoxy) is 1. The third-order valence-corrected chi connectivity index (χ3v) is 5.04. The summed E-state index contributed by atoms with van der Waals surface area (Å²) in [7, 11) is 3.57. The molecule has 1 aromatic carbocycles. The van der Waals surface area contributed by atoms with Crippen molar-refractivity contribution in [1.82, 2.24) is 15.8 Å². The van der Waals surface area contributed by atoms with E-state index in [2.05, 4.69) is 24.7 Å². The molecule has 0 saturated carbocycles. The summed E-state index contributed by atoms with van der Waals surface area (Å²) in [6.45, 7) is 5.25. The first kappa shape index (κ1) is 18.7. The average molecular weight is 333 g/mol. The van der Waals surface area contributed by atoms with Gasteiger partial charge in [-0.15, -0.1) is 0 Å². The molecule has 2 N–H and O–H groups in total. The van der Waals surface area contributed by atoms with Gasteiger partial charge in [-0.2, -0.15) is 0 Å². The Labute approximate surface area is 145 Å². The van der Waals surface area contributed by atoms with Crippen LogP contribution in [0.3, 0.4) is 0 Å². The molecule has 1 heterocycles. The first-order valence-electron chi connectivity index (χ1n) is 8.89. The molecule has 0 aliphatic carbocycles. The zero-order chi connectivity index (χ0) is 17.5. The van der Waals surface area contributed by atoms with Crippen LogP contribution < -0.4 is 15.6 Å². The standard InChI is InChI=1S/C19H31N3O2/c1-14-18(15(2)21-20-14)9-6-12-22(3)19(23)11-10-16-7-5-8-17(13-16)24-4/h5,7-8,13-15,18,20-21H,6,9-12H2,1-4H3. The number of methoxy groups -OCH3 is 1. The van der Waals surface area contributed by atoms with Crippen LogP contribution in [0.5, 0.6) is 5.75 Å². The molecule has 1 amide bonds. The lowest BCUT2D eigenvalue weighted by Crippen LogP contribution is -2.30. The number of carbonyl (C=O) groups is 1. The molecule has 2 atom stereocenters. The third-order valence-electron chi connectivity index (χ3n) is 5.04. The van der Waals surface area contributed by atoms with Gasteiger partial charge in [0.15, 0.2) is 0 Å². The Balaban J connectivity index is 1.70. The maximum absolute atomic E-state index is 12.3. The molecule has 2 rings (SSSR count). The second-order valence-electron chi connectivity index (χ2n) is 6.84. The fraction of sp³-hybridized carbons (Fsp3) is 0.632. The number of hydrogen-bond acceptors (Lipinski definition) is 4. The van der Waals surface area contributed by atoms with Crippen LogP contribution in [0.1, 0.15) is 38.7 Å². The molecule has 24 heavy (non-hydrogen) atoms. The van der Waals surface area contributed by atoms with Crippen molar-refractivity contribution < 1.29 is 9.53 Å². The second-order valence-corrected chi connectivity index (χ2v) is 6.84. The molecule has 2 unspecified atom stereocenters. The maximum atomic E-state index is 12.3. The lowest BCUT2D eigenvalue weighted by atomic mass is 9.91. The molecule has 134 valence electrons. The molecular formula is C19H31N3O2. The second kappa shape index (κ2) is 9.04. The van der Waals surface area contributed by atoms with E-state index in [1.165, 1.54) is 0 Å². The summed E-state index contributed by atoms with van der Waals surface area (Å²) in [5.41, 5.74) is 7.72. The Kier molecular flexibility index (Phi) is 7.06. The van der Waals surface area contributed by atoms with Gasteiger partial charge in [0, 0.05) is 32.1 Å². The van der Waals surface area contributed by atoms with E-state index in [0.717, 1.165) is 37.1 Å². The smallest absolute Gasteiger partial charge is 0.222 e. The monoisotopic (exact) mass is 333 g/mol. The number of amides is 1. The van der Waals surface area contributed by atoms with Crippen LogP contribution in [-0.4, -0.2) is 43.6 Å². The Morgan fingerprint density at radius 1 is 1.25 bits per heavy atom. The molecule has 0 spiro atoms. The van der Waals surface area contributed by atoms with Crippen molar-refractivity contribution in [3.05, 3.63) is 29.8 Å². The SMILES string of the molecule is COc1cccc(CCC(=O)N(C)CCCC2C(C)NNC2C)c1. The normalized spacial score (nSPS) is 23.2. The molecule has 1 aromatic rings. The summed E-state index contributed by atoms with van der Waals surface area (Å²) in [6.07, 6.45) is 3.48. The maximum Gasteiger partial charge on any atom is 0.222 e. The van der Waals surface area contributed by atoms with Gasteiger partial charge in [0.05, 0.1) is 7.11 Å². The molecule has 0 radical (unpaired) electrons. The number of nitrogens with zero attached hydrogens (tertiary/aromatic N) is 1. The van der Waals surface area contributed by atoms with Crippen molar-refractivity contribution in [2.45, 2.75) is 51.6 Å². The molecule has 0 aromatic heterocycles. The highest BCUT2D eigenvalue weighted by atomic mass is 16.5. The lowest BCUT2D eigenvalue weighted by Gasteiger charge is -2.21. The summed E-state index contributed by atoms with van der Waals surface area (Å²) in [5.74, 6) is 1.68. The highest BCUT2D eigenvalue weighted by Gasteiger charge is 2.29. The highest BCUT2D eigenvalue weighted by molar-refractivity contribution is 5.76. The van der Waals surface area contributed by atoms with Gasteiger partial charge < -0.3 is 9.64 Å². The first-order chi connectivity index (χ1) is 11.5. The first-order valence-corrected chi connectivity index (χ1v) is 8.89. The van der Waals surface area contributed by atoms with Crippen LogP contribution in [0, 0.1) is 5.92 Å². The largest absolute Gasteiger partial charge is 0.497 e. The van der Waals surface area contributed by atoms with Gasteiger partial charge in [0.25, 0.3) is 0 Å². The van der Waals surface area contributed by atoms with E-state index in [-0.39, 0.29) is 5.91 Å². The topological polar surface area (TPSA) is 53.6 Å². The molecule has 1 saturated heterocycles. The molecule has 1 fully saturated rings. The van der Waals surface area contributed by atoms with Crippen LogP contribution in [0.4, 0.5) is 0 Å². The minimum absolute atomic E-state index is 0.210. The zero-order valence-corrected chi connectivity index (χ0v) is 15.3. The van der Waals surface area contributed by atoms with Crippen molar-refractivity contribution in [2.24, 2.45) is 5.92 Å². The highest BCUT2D eigenvalue weighted by Crippen LogP contribution is 2.20. The van der Waals surface area contributed by atoms with Crippen LogP contribution in [-0.2, 0) is 11.2 Å². The molecule has 5 heteroatoms. The fourth-order valence-electron chi connectivity index (χ4n) is 3.37. The van der Waals surface area contributed by atoms with Crippen LogP contribution in [0.2, 0.25) is 0 Å². The Hall–Kier alpha value is -1.59. The average Bonchev–Trinajstić information content (AvgIpc) is 2.91.